The summed E-state index contributed by atoms with van der Waals surface area (Å²) in [5.74, 6) is 0. The van der Waals surface area contributed by atoms with Crippen LogP contribution in [-0.2, 0) is 10.9 Å². The van der Waals surface area contributed by atoms with E-state index in [2.05, 4.69) is 55.1 Å². The van der Waals surface area contributed by atoms with Crippen molar-refractivity contribution in [1.29, 1.82) is 0 Å². The lowest BCUT2D eigenvalue weighted by atomic mass is 10.2. The largest absolute Gasteiger partial charge is 0.553 e. The van der Waals surface area contributed by atoms with Crippen molar-refractivity contribution >= 4 is 13.4 Å². The van der Waals surface area contributed by atoms with Gasteiger partial charge in [-0.1, -0.05) is 30.3 Å². The molecule has 0 atom stereocenters. The molecule has 0 spiro atoms. The van der Waals surface area contributed by atoms with Gasteiger partial charge >= 0.3 is 0 Å². The molecule has 0 bridgehead atoms. The van der Waals surface area contributed by atoms with E-state index in [1.54, 1.807) is 0 Å². The lowest BCUT2D eigenvalue weighted by Crippen LogP contribution is -2.21. The van der Waals surface area contributed by atoms with Crippen LogP contribution in [0.1, 0.15) is 5.56 Å². The van der Waals surface area contributed by atoms with E-state index in [4.69, 9.17) is 9.90 Å². The Balaban J connectivity index is 0.000000385. The Kier molecular flexibility index (Phi) is 6.75. The lowest BCUT2D eigenvalue weighted by Gasteiger charge is -2.10. The molecule has 0 aliphatic heterocycles. The third kappa shape index (κ3) is 9.47. The Morgan fingerprint density at radius 3 is 2.00 bits per heavy atom. The first kappa shape index (κ1) is 14.9. The van der Waals surface area contributed by atoms with Crippen molar-refractivity contribution in [1.82, 2.24) is 0 Å². The number of rotatable bonds is 2. The summed E-state index contributed by atoms with van der Waals surface area (Å²) in [5, 5.41) is 9.03. The average Bonchev–Trinajstić information content (AvgIpc) is 2.17. The fraction of sp³-hybridized carbons (Fsp3) is 0.417. The van der Waals surface area contributed by atoms with E-state index in [0.717, 1.165) is 7.11 Å². The van der Waals surface area contributed by atoms with Crippen LogP contribution in [0.4, 0.5) is 4.79 Å². The Morgan fingerprint density at radius 1 is 1.25 bits per heavy atom. The van der Waals surface area contributed by atoms with E-state index in [1.165, 1.54) is 11.7 Å². The maximum absolute atomic E-state index is 9.03. The predicted octanol–water partition coefficient (Wildman–Crippen LogP) is 2.07. The number of carbonyl (C=O) groups is 1. The molecule has 0 radical (unpaired) electrons. The van der Waals surface area contributed by atoms with Crippen molar-refractivity contribution in [2.75, 3.05) is 27.1 Å². The van der Waals surface area contributed by atoms with Gasteiger partial charge in [-0.2, -0.15) is 0 Å². The van der Waals surface area contributed by atoms with Crippen LogP contribution in [-0.4, -0.2) is 33.3 Å². The fourth-order valence-corrected chi connectivity index (χ4v) is 2.44. The zero-order chi connectivity index (χ0) is 12.6. The molecule has 1 aromatic carbocycles. The van der Waals surface area contributed by atoms with Crippen LogP contribution in [0.2, 0.25) is 0 Å². The minimum atomic E-state index is -1.50. The molecule has 0 aromatic heterocycles. The van der Waals surface area contributed by atoms with Crippen molar-refractivity contribution in [3.05, 3.63) is 35.9 Å². The van der Waals surface area contributed by atoms with Gasteiger partial charge in [0, 0.05) is 34.4 Å². The number of hydrogen-bond donors (Lipinski definition) is 0. The summed E-state index contributed by atoms with van der Waals surface area (Å²) >= 11 is 0. The molecular formula is C12H19O3P. The monoisotopic (exact) mass is 242 g/mol. The second-order valence-electron chi connectivity index (χ2n) is 4.39. The van der Waals surface area contributed by atoms with Gasteiger partial charge in [-0.3, -0.25) is 0 Å². The third-order valence-corrected chi connectivity index (χ3v) is 2.98. The summed E-state index contributed by atoms with van der Waals surface area (Å²) in [6, 6.07) is 10.7. The van der Waals surface area contributed by atoms with Crippen LogP contribution >= 0.6 is 7.26 Å². The summed E-state index contributed by atoms with van der Waals surface area (Å²) in [4.78, 5) is 9.03. The highest BCUT2D eigenvalue weighted by atomic mass is 31.2. The SMILES string of the molecule is COC(=O)[O-].C[P+](C)(C)Cc1ccccc1. The van der Waals surface area contributed by atoms with Crippen LogP contribution in [0.25, 0.3) is 0 Å². The quantitative estimate of drug-likeness (QED) is 0.589. The molecule has 0 aliphatic rings. The normalized spacial score (nSPS) is 10.0. The molecule has 0 amide bonds. The number of methoxy groups -OCH3 is 1. The van der Waals surface area contributed by atoms with Gasteiger partial charge in [-0.25, -0.2) is 0 Å². The van der Waals surface area contributed by atoms with Crippen molar-refractivity contribution < 1.29 is 14.6 Å². The van der Waals surface area contributed by atoms with Crippen LogP contribution in [0, 0.1) is 0 Å². The van der Waals surface area contributed by atoms with Gasteiger partial charge in [0.15, 0.2) is 0 Å². The van der Waals surface area contributed by atoms with Gasteiger partial charge < -0.3 is 14.6 Å². The highest BCUT2D eigenvalue weighted by Crippen LogP contribution is 2.49. The van der Waals surface area contributed by atoms with Crippen LogP contribution in [0.15, 0.2) is 30.3 Å². The van der Waals surface area contributed by atoms with E-state index in [1.807, 2.05) is 0 Å². The zero-order valence-electron chi connectivity index (χ0n) is 10.3. The van der Waals surface area contributed by atoms with E-state index in [-0.39, 0.29) is 0 Å². The minimum absolute atomic E-state index is 0.638. The van der Waals surface area contributed by atoms with Crippen molar-refractivity contribution in [2.24, 2.45) is 0 Å². The summed E-state index contributed by atoms with van der Waals surface area (Å²) in [5.41, 5.74) is 1.48. The van der Waals surface area contributed by atoms with Gasteiger partial charge in [0.25, 0.3) is 6.16 Å². The van der Waals surface area contributed by atoms with Crippen molar-refractivity contribution in [3.8, 4) is 0 Å². The molecule has 90 valence electrons. The maximum atomic E-state index is 9.03. The molecule has 0 heterocycles. The summed E-state index contributed by atoms with van der Waals surface area (Å²) < 4.78 is 3.56. The topological polar surface area (TPSA) is 49.4 Å². The lowest BCUT2D eigenvalue weighted by molar-refractivity contribution is -0.279. The second kappa shape index (κ2) is 7.24. The minimum Gasteiger partial charge on any atom is -0.553 e. The number of carboxylic acid groups (broad SMARTS) is 1. The molecule has 1 aromatic rings. The Labute approximate surface area is 97.8 Å². The Morgan fingerprint density at radius 2 is 1.69 bits per heavy atom. The molecule has 4 heteroatoms. The van der Waals surface area contributed by atoms with E-state index < -0.39 is 13.4 Å². The van der Waals surface area contributed by atoms with Crippen LogP contribution in [0.5, 0.6) is 0 Å². The van der Waals surface area contributed by atoms with Gasteiger partial charge in [0.2, 0.25) is 0 Å². The molecular weight excluding hydrogens is 223 g/mol. The number of hydrogen-bond acceptors (Lipinski definition) is 3. The first-order valence-corrected chi connectivity index (χ1v) is 8.26. The van der Waals surface area contributed by atoms with Gasteiger partial charge in [-0.15, -0.1) is 0 Å². The summed E-state index contributed by atoms with van der Waals surface area (Å²) in [6.07, 6.45) is -0.224. The number of carbonyl (C=O) groups excluding carboxylic acids is 1. The fourth-order valence-electron chi connectivity index (χ4n) is 1.13. The Hall–Kier alpha value is -1.08. The molecule has 0 aliphatic carbocycles. The van der Waals surface area contributed by atoms with Crippen LogP contribution < -0.4 is 5.11 Å². The van der Waals surface area contributed by atoms with Gasteiger partial charge in [0.1, 0.15) is 0 Å². The van der Waals surface area contributed by atoms with E-state index in [9.17, 15) is 0 Å². The highest BCUT2D eigenvalue weighted by Gasteiger charge is 2.16. The first-order valence-electron chi connectivity index (χ1n) is 4.94. The van der Waals surface area contributed by atoms with E-state index in [0.29, 0.717) is 0 Å². The van der Waals surface area contributed by atoms with Crippen molar-refractivity contribution in [2.45, 2.75) is 6.16 Å². The molecule has 3 nitrogen and oxygen atoms in total. The average molecular weight is 242 g/mol. The molecule has 0 saturated heterocycles. The molecule has 0 unspecified atom stereocenters. The van der Waals surface area contributed by atoms with E-state index >= 15 is 0 Å². The maximum Gasteiger partial charge on any atom is 0.251 e. The predicted molar refractivity (Wildman–Crippen MR) is 67.2 cm³/mol. The number of benzene rings is 1. The van der Waals surface area contributed by atoms with Crippen LogP contribution in [0.3, 0.4) is 0 Å². The highest BCUT2D eigenvalue weighted by molar-refractivity contribution is 7.72. The van der Waals surface area contributed by atoms with Gasteiger partial charge in [0.05, 0.1) is 6.16 Å². The van der Waals surface area contributed by atoms with Gasteiger partial charge in [-0.05, 0) is 5.56 Å². The smallest absolute Gasteiger partial charge is 0.251 e. The second-order valence-corrected chi connectivity index (χ2v) is 9.29. The first-order chi connectivity index (χ1) is 7.35. The summed E-state index contributed by atoms with van der Waals surface area (Å²) in [7, 11) is 0.399. The molecule has 1 rings (SSSR count). The standard InChI is InChI=1S/C10H16P.C2H4O3/c1-11(2,3)9-10-7-5-4-6-8-10;1-5-2(3)4/h4-8H,9H2,1-3H3;1H3,(H,3,4)/q+1;/p-1. The molecule has 0 N–H and O–H groups in total. The molecule has 0 fully saturated rings. The van der Waals surface area contributed by atoms with Crippen molar-refractivity contribution in [3.63, 3.8) is 0 Å². The number of ether oxygens (including phenoxy) is 1. The molecule has 16 heavy (non-hydrogen) atoms. The Bertz CT molecular complexity index is 304. The zero-order valence-corrected chi connectivity index (χ0v) is 11.2. The summed E-state index contributed by atoms with van der Waals surface area (Å²) in [6.45, 7) is 7.12. The third-order valence-electron chi connectivity index (χ3n) is 1.67. The molecule has 0 saturated carbocycles.